The van der Waals surface area contributed by atoms with Crippen LogP contribution in [-0.2, 0) is 14.3 Å². The molecule has 0 saturated heterocycles. The van der Waals surface area contributed by atoms with Gasteiger partial charge in [-0.1, -0.05) is 30.3 Å². The molecule has 6 heteroatoms. The Labute approximate surface area is 177 Å². The van der Waals surface area contributed by atoms with Crippen molar-refractivity contribution >= 4 is 23.4 Å². The van der Waals surface area contributed by atoms with Gasteiger partial charge in [-0.15, -0.1) is 0 Å². The first kappa shape index (κ1) is 21.8. The summed E-state index contributed by atoms with van der Waals surface area (Å²) in [6, 6.07) is 17.3. The molecule has 2 aromatic rings. The van der Waals surface area contributed by atoms with Gasteiger partial charge >= 0.3 is 12.1 Å². The van der Waals surface area contributed by atoms with Gasteiger partial charge in [0.25, 0.3) is 0 Å². The Morgan fingerprint density at radius 2 is 1.57 bits per heavy atom. The number of aliphatic carboxylic acids is 1. The molecule has 1 saturated carbocycles. The lowest BCUT2D eigenvalue weighted by atomic mass is 9.83. The first-order chi connectivity index (χ1) is 14.5. The first-order valence-corrected chi connectivity index (χ1v) is 10.4. The second-order valence-electron chi connectivity index (χ2n) is 7.88. The van der Waals surface area contributed by atoms with E-state index in [1.807, 2.05) is 61.5 Å². The number of benzene rings is 2. The van der Waals surface area contributed by atoms with Crippen molar-refractivity contribution in [1.82, 2.24) is 0 Å². The number of carbonyl (C=O) groups excluding carboxylic acids is 1. The van der Waals surface area contributed by atoms with Gasteiger partial charge in [0.15, 0.2) is 0 Å². The zero-order chi connectivity index (χ0) is 21.3. The van der Waals surface area contributed by atoms with Gasteiger partial charge in [-0.3, -0.25) is 0 Å². The number of ether oxygens (including phenoxy) is 2. The van der Waals surface area contributed by atoms with Gasteiger partial charge in [0, 0.05) is 0 Å². The van der Waals surface area contributed by atoms with E-state index in [-0.39, 0.29) is 12.7 Å². The third kappa shape index (κ3) is 6.32. The minimum atomic E-state index is -0.938. The van der Waals surface area contributed by atoms with E-state index < -0.39 is 5.97 Å². The highest BCUT2D eigenvalue weighted by molar-refractivity contribution is 5.96. The fraction of sp³-hybridized carbons (Fsp3) is 0.417. The molecule has 0 bridgehead atoms. The number of carboxylic acid groups (broad SMARTS) is 1. The third-order valence-electron chi connectivity index (χ3n) is 5.44. The van der Waals surface area contributed by atoms with E-state index in [1.165, 1.54) is 0 Å². The van der Waals surface area contributed by atoms with Crippen LogP contribution in [0.25, 0.3) is 0 Å². The van der Waals surface area contributed by atoms with Crippen molar-refractivity contribution in [2.45, 2.75) is 32.6 Å². The SMILES string of the molecule is Cc1cccc(N(C(=O)OCC2CCC(COCC(=O)O)CC2)c2ccccc2)c1. The Morgan fingerprint density at radius 3 is 2.20 bits per heavy atom. The molecular formula is C24H29NO5. The molecular weight excluding hydrogens is 382 g/mol. The largest absolute Gasteiger partial charge is 0.480 e. The fourth-order valence-electron chi connectivity index (χ4n) is 3.84. The molecule has 2 aromatic carbocycles. The second-order valence-corrected chi connectivity index (χ2v) is 7.88. The van der Waals surface area contributed by atoms with Crippen LogP contribution in [0.1, 0.15) is 31.2 Å². The van der Waals surface area contributed by atoms with E-state index in [1.54, 1.807) is 4.90 Å². The van der Waals surface area contributed by atoms with Gasteiger partial charge in [-0.05, 0) is 74.3 Å². The van der Waals surface area contributed by atoms with Crippen LogP contribution in [0.15, 0.2) is 54.6 Å². The number of nitrogens with zero attached hydrogens (tertiary/aromatic N) is 1. The zero-order valence-electron chi connectivity index (χ0n) is 17.3. The number of hydrogen-bond acceptors (Lipinski definition) is 4. The highest BCUT2D eigenvalue weighted by Crippen LogP contribution is 2.31. The summed E-state index contributed by atoms with van der Waals surface area (Å²) in [5, 5.41) is 8.65. The van der Waals surface area contributed by atoms with E-state index in [0.717, 1.165) is 42.6 Å². The molecule has 30 heavy (non-hydrogen) atoms. The Hall–Kier alpha value is -2.86. The number of hydrogen-bond donors (Lipinski definition) is 1. The van der Waals surface area contributed by atoms with E-state index >= 15 is 0 Å². The number of anilines is 2. The smallest absolute Gasteiger partial charge is 0.418 e. The van der Waals surface area contributed by atoms with Crippen molar-refractivity contribution in [3.63, 3.8) is 0 Å². The summed E-state index contributed by atoms with van der Waals surface area (Å²) in [4.78, 5) is 25.1. The molecule has 160 valence electrons. The molecule has 0 atom stereocenters. The number of carbonyl (C=O) groups is 2. The molecule has 1 aliphatic rings. The van der Waals surface area contributed by atoms with Gasteiger partial charge < -0.3 is 14.6 Å². The normalized spacial score (nSPS) is 18.6. The lowest BCUT2D eigenvalue weighted by molar-refractivity contribution is -0.142. The van der Waals surface area contributed by atoms with Crippen molar-refractivity contribution in [3.8, 4) is 0 Å². The van der Waals surface area contributed by atoms with Gasteiger partial charge in [-0.25, -0.2) is 14.5 Å². The summed E-state index contributed by atoms with van der Waals surface area (Å²) in [6.07, 6.45) is 3.44. The van der Waals surface area contributed by atoms with Crippen LogP contribution in [-0.4, -0.2) is 37.0 Å². The van der Waals surface area contributed by atoms with Crippen LogP contribution in [0.2, 0.25) is 0 Å². The van der Waals surface area contributed by atoms with Crippen molar-refractivity contribution in [3.05, 3.63) is 60.2 Å². The summed E-state index contributed by atoms with van der Waals surface area (Å²) >= 11 is 0. The molecule has 1 fully saturated rings. The molecule has 3 rings (SSSR count). The summed E-state index contributed by atoms with van der Waals surface area (Å²) < 4.78 is 10.9. The molecule has 0 unspecified atom stereocenters. The van der Waals surface area contributed by atoms with Gasteiger partial charge in [0.2, 0.25) is 0 Å². The molecule has 1 N–H and O–H groups in total. The molecule has 1 amide bonds. The Bertz CT molecular complexity index is 830. The van der Waals surface area contributed by atoms with Crippen molar-refractivity contribution in [1.29, 1.82) is 0 Å². The minimum Gasteiger partial charge on any atom is -0.480 e. The summed E-state index contributed by atoms with van der Waals surface area (Å²) in [5.74, 6) is -0.239. The van der Waals surface area contributed by atoms with E-state index in [0.29, 0.717) is 25.0 Å². The Morgan fingerprint density at radius 1 is 0.933 bits per heavy atom. The van der Waals surface area contributed by atoms with Crippen LogP contribution in [0.5, 0.6) is 0 Å². The van der Waals surface area contributed by atoms with E-state index in [2.05, 4.69) is 0 Å². The van der Waals surface area contributed by atoms with Gasteiger partial charge in [0.1, 0.15) is 6.61 Å². The topological polar surface area (TPSA) is 76.1 Å². The fourth-order valence-corrected chi connectivity index (χ4v) is 3.84. The average Bonchev–Trinajstić information content (AvgIpc) is 2.74. The highest BCUT2D eigenvalue weighted by Gasteiger charge is 2.25. The maximum atomic E-state index is 13.0. The third-order valence-corrected chi connectivity index (χ3v) is 5.44. The molecule has 1 aliphatic carbocycles. The molecule has 0 spiro atoms. The van der Waals surface area contributed by atoms with Crippen LogP contribution in [0, 0.1) is 18.8 Å². The zero-order valence-corrected chi connectivity index (χ0v) is 17.3. The minimum absolute atomic E-state index is 0.244. The monoisotopic (exact) mass is 411 g/mol. The number of para-hydroxylation sites is 1. The predicted octanol–water partition coefficient (Wildman–Crippen LogP) is 5.18. The second kappa shape index (κ2) is 10.8. The van der Waals surface area contributed by atoms with Crippen LogP contribution >= 0.6 is 0 Å². The molecule has 6 nitrogen and oxygen atoms in total. The van der Waals surface area contributed by atoms with Crippen LogP contribution < -0.4 is 4.90 Å². The molecule has 0 radical (unpaired) electrons. The molecule has 0 aliphatic heterocycles. The first-order valence-electron chi connectivity index (χ1n) is 10.4. The number of rotatable bonds is 8. The molecule has 0 aromatic heterocycles. The lowest BCUT2D eigenvalue weighted by Gasteiger charge is -2.29. The van der Waals surface area contributed by atoms with Crippen LogP contribution in [0.4, 0.5) is 16.2 Å². The number of carboxylic acids is 1. The van der Waals surface area contributed by atoms with Crippen molar-refractivity contribution in [2.24, 2.45) is 11.8 Å². The predicted molar refractivity (Wildman–Crippen MR) is 115 cm³/mol. The summed E-state index contributed by atoms with van der Waals surface area (Å²) in [5.41, 5.74) is 2.63. The van der Waals surface area contributed by atoms with Crippen molar-refractivity contribution < 1.29 is 24.2 Å². The number of aryl methyl sites for hydroxylation is 1. The van der Waals surface area contributed by atoms with E-state index in [4.69, 9.17) is 14.6 Å². The van der Waals surface area contributed by atoms with Crippen LogP contribution in [0.3, 0.4) is 0 Å². The van der Waals surface area contributed by atoms with Gasteiger partial charge in [-0.2, -0.15) is 0 Å². The molecule has 0 heterocycles. The quantitative estimate of drug-likeness (QED) is 0.648. The Balaban J connectivity index is 1.55. The van der Waals surface area contributed by atoms with Gasteiger partial charge in [0.05, 0.1) is 24.6 Å². The maximum Gasteiger partial charge on any atom is 0.418 e. The summed E-state index contributed by atoms with van der Waals surface area (Å²) in [7, 11) is 0. The number of amides is 1. The highest BCUT2D eigenvalue weighted by atomic mass is 16.6. The van der Waals surface area contributed by atoms with E-state index in [9.17, 15) is 9.59 Å². The van der Waals surface area contributed by atoms with Crippen molar-refractivity contribution in [2.75, 3.05) is 24.7 Å². The summed E-state index contributed by atoms with van der Waals surface area (Å²) in [6.45, 7) is 2.62. The maximum absolute atomic E-state index is 13.0. The standard InChI is InChI=1S/C24H29NO5/c1-18-6-5-9-22(14-18)25(21-7-3-2-4-8-21)24(28)30-16-20-12-10-19(11-13-20)15-29-17-23(26)27/h2-9,14,19-20H,10-13,15-17H2,1H3,(H,26,27). The lowest BCUT2D eigenvalue weighted by Crippen LogP contribution is -2.30. The Kier molecular flexibility index (Phi) is 7.85. The average molecular weight is 411 g/mol.